The number of benzene rings is 1. The molecular weight excluding hydrogens is 260 g/mol. The van der Waals surface area contributed by atoms with Crippen LogP contribution in [-0.4, -0.2) is 29.7 Å². The summed E-state index contributed by atoms with van der Waals surface area (Å²) in [6.07, 6.45) is 0.998. The Bertz CT molecular complexity index is 677. The number of carbonyl (C=O) groups is 1. The van der Waals surface area contributed by atoms with Crippen LogP contribution in [0.4, 0.5) is 0 Å². The van der Waals surface area contributed by atoms with Gasteiger partial charge in [-0.2, -0.15) is 0 Å². The highest BCUT2D eigenvalue weighted by molar-refractivity contribution is 6.16. The number of aliphatic hydroxyl groups is 2. The number of ether oxygens (including phenoxy) is 2. The van der Waals surface area contributed by atoms with Gasteiger partial charge in [-0.05, 0) is 17.7 Å². The summed E-state index contributed by atoms with van der Waals surface area (Å²) in [7, 11) is 1.57. The highest BCUT2D eigenvalue weighted by Crippen LogP contribution is 2.38. The molecule has 0 atom stereocenters. The zero-order valence-electron chi connectivity index (χ0n) is 10.7. The first-order chi connectivity index (χ1) is 9.61. The van der Waals surface area contributed by atoms with Crippen molar-refractivity contribution in [2.45, 2.75) is 0 Å². The first-order valence-electron chi connectivity index (χ1n) is 6.01. The Morgan fingerprint density at radius 3 is 2.55 bits per heavy atom. The number of methoxy groups -OCH3 is 1. The monoisotopic (exact) mass is 272 g/mol. The molecule has 3 rings (SSSR count). The molecule has 5 heteroatoms. The lowest BCUT2D eigenvalue weighted by Crippen LogP contribution is -2.13. The fourth-order valence-electron chi connectivity index (χ4n) is 2.28. The number of carbonyl (C=O) groups excluding carboxylic acids is 1. The molecule has 1 heterocycles. The molecule has 0 bridgehead atoms. The van der Waals surface area contributed by atoms with Crippen molar-refractivity contribution in [2.75, 3.05) is 13.7 Å². The largest absolute Gasteiger partial charge is 0.504 e. The summed E-state index contributed by atoms with van der Waals surface area (Å²) >= 11 is 0. The van der Waals surface area contributed by atoms with Gasteiger partial charge in [0.15, 0.2) is 17.3 Å². The van der Waals surface area contributed by atoms with Crippen LogP contribution < -0.4 is 4.74 Å². The SMILES string of the molecule is COc1ccc(C2=C3C(=O)C(O)=CC(O)=C3OC2)cc1. The van der Waals surface area contributed by atoms with Crippen molar-refractivity contribution >= 4 is 11.4 Å². The van der Waals surface area contributed by atoms with E-state index in [0.29, 0.717) is 11.3 Å². The van der Waals surface area contributed by atoms with Crippen molar-refractivity contribution in [2.24, 2.45) is 0 Å². The third-order valence-corrected chi connectivity index (χ3v) is 3.29. The van der Waals surface area contributed by atoms with Gasteiger partial charge in [-0.15, -0.1) is 0 Å². The van der Waals surface area contributed by atoms with Crippen molar-refractivity contribution in [1.82, 2.24) is 0 Å². The normalized spacial score (nSPS) is 17.9. The zero-order chi connectivity index (χ0) is 14.3. The minimum absolute atomic E-state index is 0.124. The van der Waals surface area contributed by atoms with Crippen LogP contribution in [0.5, 0.6) is 5.75 Å². The molecule has 0 unspecified atom stereocenters. The van der Waals surface area contributed by atoms with Gasteiger partial charge < -0.3 is 19.7 Å². The number of rotatable bonds is 2. The molecule has 1 aromatic rings. The van der Waals surface area contributed by atoms with E-state index in [1.807, 2.05) is 0 Å². The van der Waals surface area contributed by atoms with Gasteiger partial charge in [0, 0.05) is 11.6 Å². The lowest BCUT2D eigenvalue weighted by molar-refractivity contribution is -0.114. The molecule has 0 fully saturated rings. The van der Waals surface area contributed by atoms with Crippen LogP contribution in [0.2, 0.25) is 0 Å². The minimum atomic E-state index is -0.541. The summed E-state index contributed by atoms with van der Waals surface area (Å²) in [4.78, 5) is 12.0. The fourth-order valence-corrected chi connectivity index (χ4v) is 2.28. The Balaban J connectivity index is 2.12. The highest BCUT2D eigenvalue weighted by atomic mass is 16.5. The number of fused-ring (bicyclic) bond motifs is 1. The minimum Gasteiger partial charge on any atom is -0.504 e. The van der Waals surface area contributed by atoms with E-state index in [4.69, 9.17) is 9.47 Å². The van der Waals surface area contributed by atoms with Crippen LogP contribution in [0.3, 0.4) is 0 Å². The van der Waals surface area contributed by atoms with Gasteiger partial charge >= 0.3 is 0 Å². The lowest BCUT2D eigenvalue weighted by Gasteiger charge is -2.11. The summed E-state index contributed by atoms with van der Waals surface area (Å²) in [6.45, 7) is 0.175. The molecule has 0 radical (unpaired) electrons. The Kier molecular flexibility index (Phi) is 2.75. The summed E-state index contributed by atoms with van der Waals surface area (Å²) in [5.41, 5.74) is 1.64. The molecule has 1 aliphatic heterocycles. The quantitative estimate of drug-likeness (QED) is 0.863. The lowest BCUT2D eigenvalue weighted by atomic mass is 9.94. The first-order valence-corrected chi connectivity index (χ1v) is 6.01. The topological polar surface area (TPSA) is 76.0 Å². The molecule has 5 nitrogen and oxygen atoms in total. The third-order valence-electron chi connectivity index (χ3n) is 3.29. The van der Waals surface area contributed by atoms with E-state index < -0.39 is 11.5 Å². The number of ketones is 1. The van der Waals surface area contributed by atoms with Crippen molar-refractivity contribution < 1.29 is 24.5 Å². The number of allylic oxidation sites excluding steroid dienone is 3. The van der Waals surface area contributed by atoms with Crippen LogP contribution in [0, 0.1) is 0 Å². The summed E-state index contributed by atoms with van der Waals surface area (Å²) in [5.74, 6) is -0.437. The molecule has 0 spiro atoms. The maximum Gasteiger partial charge on any atom is 0.231 e. The average Bonchev–Trinajstić information content (AvgIpc) is 2.90. The van der Waals surface area contributed by atoms with E-state index in [1.54, 1.807) is 31.4 Å². The zero-order valence-corrected chi connectivity index (χ0v) is 10.7. The van der Waals surface area contributed by atoms with Crippen LogP contribution >= 0.6 is 0 Å². The molecule has 1 aliphatic carbocycles. The second-order valence-electron chi connectivity index (χ2n) is 4.44. The van der Waals surface area contributed by atoms with E-state index in [0.717, 1.165) is 11.6 Å². The van der Waals surface area contributed by atoms with Gasteiger partial charge in [-0.25, -0.2) is 0 Å². The van der Waals surface area contributed by atoms with E-state index >= 15 is 0 Å². The van der Waals surface area contributed by atoms with Gasteiger partial charge in [0.1, 0.15) is 12.4 Å². The van der Waals surface area contributed by atoms with Crippen LogP contribution in [0.1, 0.15) is 5.56 Å². The van der Waals surface area contributed by atoms with E-state index in [9.17, 15) is 15.0 Å². The molecule has 0 aromatic heterocycles. The summed E-state index contributed by atoms with van der Waals surface area (Å²) in [5, 5.41) is 19.3. The molecule has 1 aromatic carbocycles. The summed E-state index contributed by atoms with van der Waals surface area (Å²) < 4.78 is 10.4. The number of hydrogen-bond donors (Lipinski definition) is 2. The van der Waals surface area contributed by atoms with Crippen molar-refractivity contribution in [3.05, 3.63) is 58.8 Å². The van der Waals surface area contributed by atoms with Gasteiger partial charge in [0.25, 0.3) is 0 Å². The van der Waals surface area contributed by atoms with Gasteiger partial charge in [0.2, 0.25) is 5.78 Å². The molecular formula is C15H12O5. The maximum atomic E-state index is 12.0. The molecule has 0 saturated heterocycles. The Morgan fingerprint density at radius 1 is 1.20 bits per heavy atom. The second kappa shape index (κ2) is 4.45. The van der Waals surface area contributed by atoms with Crippen molar-refractivity contribution in [1.29, 1.82) is 0 Å². The molecule has 0 amide bonds. The Morgan fingerprint density at radius 2 is 1.90 bits per heavy atom. The maximum absolute atomic E-state index is 12.0. The van der Waals surface area contributed by atoms with Crippen LogP contribution in [0.15, 0.2) is 53.2 Å². The number of aliphatic hydroxyl groups excluding tert-OH is 2. The molecule has 2 aliphatic rings. The predicted octanol–water partition coefficient (Wildman–Crippen LogP) is 2.27. The third kappa shape index (κ3) is 1.75. The smallest absolute Gasteiger partial charge is 0.231 e. The molecule has 20 heavy (non-hydrogen) atoms. The fraction of sp³-hybridized carbons (Fsp3) is 0.133. The molecule has 0 saturated carbocycles. The van der Waals surface area contributed by atoms with E-state index in [-0.39, 0.29) is 23.7 Å². The number of Topliss-reactive ketones (excluding diaryl/α,β-unsaturated/α-hetero) is 1. The van der Waals surface area contributed by atoms with Crippen molar-refractivity contribution in [3.8, 4) is 5.75 Å². The molecule has 2 N–H and O–H groups in total. The second-order valence-corrected chi connectivity index (χ2v) is 4.44. The molecule has 102 valence electrons. The van der Waals surface area contributed by atoms with E-state index in [2.05, 4.69) is 0 Å². The first kappa shape index (κ1) is 12.3. The highest BCUT2D eigenvalue weighted by Gasteiger charge is 2.35. The number of hydrogen-bond acceptors (Lipinski definition) is 5. The Labute approximate surface area is 115 Å². The van der Waals surface area contributed by atoms with E-state index in [1.165, 1.54) is 0 Å². The Hall–Kier alpha value is -2.69. The van der Waals surface area contributed by atoms with Gasteiger partial charge in [0.05, 0.1) is 12.7 Å². The van der Waals surface area contributed by atoms with Gasteiger partial charge in [-0.1, -0.05) is 12.1 Å². The van der Waals surface area contributed by atoms with Crippen molar-refractivity contribution in [3.63, 3.8) is 0 Å². The van der Waals surface area contributed by atoms with Gasteiger partial charge in [-0.3, -0.25) is 4.79 Å². The predicted molar refractivity (Wildman–Crippen MR) is 71.2 cm³/mol. The standard InChI is InChI=1S/C15H12O5/c1-19-9-4-2-8(3-5-9)10-7-20-15-12(17)6-11(16)14(18)13(10)15/h2-6,16-17H,7H2,1H3. The van der Waals surface area contributed by atoms with Crippen LogP contribution in [0.25, 0.3) is 5.57 Å². The average molecular weight is 272 g/mol. The van der Waals surface area contributed by atoms with Crippen LogP contribution in [-0.2, 0) is 9.53 Å². The summed E-state index contributed by atoms with van der Waals surface area (Å²) in [6, 6.07) is 7.14.